The minimum atomic E-state index is -0.879. The molecule has 3 aromatic rings. The van der Waals surface area contributed by atoms with Crippen molar-refractivity contribution in [2.24, 2.45) is 0 Å². The van der Waals surface area contributed by atoms with Crippen LogP contribution in [0.4, 0.5) is 0 Å². The zero-order chi connectivity index (χ0) is 21.6. The third-order valence-electron chi connectivity index (χ3n) is 5.49. The zero-order valence-corrected chi connectivity index (χ0v) is 17.9. The molecule has 4 rings (SSSR count). The predicted octanol–water partition coefficient (Wildman–Crippen LogP) is 4.73. The van der Waals surface area contributed by atoms with Crippen LogP contribution in [0.5, 0.6) is 11.5 Å². The molecular weight excluding hydrogens is 390 g/mol. The molecule has 1 aliphatic heterocycles. The van der Waals surface area contributed by atoms with Gasteiger partial charge in [0.2, 0.25) is 6.10 Å². The van der Waals surface area contributed by atoms with Gasteiger partial charge in [-0.15, -0.1) is 0 Å². The number of ether oxygens (including phenoxy) is 3. The van der Waals surface area contributed by atoms with Gasteiger partial charge in [0.1, 0.15) is 17.6 Å². The Morgan fingerprint density at radius 2 is 1.61 bits per heavy atom. The monoisotopic (exact) mass is 417 g/mol. The van der Waals surface area contributed by atoms with Crippen LogP contribution in [-0.2, 0) is 9.53 Å². The Balaban J connectivity index is 1.67. The molecule has 31 heavy (non-hydrogen) atoms. The van der Waals surface area contributed by atoms with Gasteiger partial charge in [0.25, 0.3) is 0 Å². The molecule has 160 valence electrons. The van der Waals surface area contributed by atoms with Gasteiger partial charge in [-0.05, 0) is 48.9 Å². The number of methoxy groups -OCH3 is 1. The molecule has 0 radical (unpaired) electrons. The lowest BCUT2D eigenvalue weighted by atomic mass is 9.96. The van der Waals surface area contributed by atoms with Gasteiger partial charge in [-0.2, -0.15) is 0 Å². The minimum absolute atomic E-state index is 0.122. The summed E-state index contributed by atoms with van der Waals surface area (Å²) in [5, 5.41) is 0. The Labute approximate surface area is 183 Å². The van der Waals surface area contributed by atoms with E-state index in [9.17, 15) is 4.79 Å². The minimum Gasteiger partial charge on any atom is -0.497 e. The van der Waals surface area contributed by atoms with Crippen molar-refractivity contribution in [1.29, 1.82) is 0 Å². The van der Waals surface area contributed by atoms with E-state index in [0.29, 0.717) is 5.75 Å². The lowest BCUT2D eigenvalue weighted by Crippen LogP contribution is -2.28. The molecular formula is C26H27NO4. The van der Waals surface area contributed by atoms with Crippen molar-refractivity contribution < 1.29 is 19.0 Å². The number of likely N-dealkylation sites (N-methyl/N-ethyl adjacent to an activating group) is 1. The molecule has 0 spiro atoms. The molecule has 1 saturated heterocycles. The van der Waals surface area contributed by atoms with Crippen molar-refractivity contribution in [2.45, 2.75) is 18.6 Å². The average molecular weight is 418 g/mol. The van der Waals surface area contributed by atoms with Gasteiger partial charge in [0, 0.05) is 18.7 Å². The van der Waals surface area contributed by atoms with Crippen LogP contribution in [0.1, 0.15) is 18.1 Å². The van der Waals surface area contributed by atoms with E-state index < -0.39 is 6.10 Å². The largest absolute Gasteiger partial charge is 0.497 e. The first-order valence-electron chi connectivity index (χ1n) is 10.5. The van der Waals surface area contributed by atoms with Crippen LogP contribution in [0, 0.1) is 0 Å². The molecule has 0 aliphatic carbocycles. The summed E-state index contributed by atoms with van der Waals surface area (Å²) in [7, 11) is 3.65. The van der Waals surface area contributed by atoms with Crippen molar-refractivity contribution in [3.05, 3.63) is 84.4 Å². The summed E-state index contributed by atoms with van der Waals surface area (Å²) >= 11 is 0. The molecule has 5 heteroatoms. The fourth-order valence-corrected chi connectivity index (χ4v) is 3.85. The van der Waals surface area contributed by atoms with Crippen LogP contribution in [0.15, 0.2) is 78.9 Å². The highest BCUT2D eigenvalue weighted by Crippen LogP contribution is 2.33. The summed E-state index contributed by atoms with van der Waals surface area (Å²) in [6.45, 7) is 1.66. The highest BCUT2D eigenvalue weighted by molar-refractivity contribution is 5.81. The molecule has 0 amide bonds. The van der Waals surface area contributed by atoms with E-state index in [0.717, 1.165) is 42.0 Å². The maximum atomic E-state index is 13.3. The standard InChI is InChI=1S/C26H27NO4/c1-27-17-16-22(18-27)31-26(28)25(30-21-14-12-20(29-2)13-15-21)24-11-7-6-10-23(24)19-8-4-3-5-9-19/h3-15,22,25H,16-18H2,1-2H3. The van der Waals surface area contributed by atoms with E-state index in [1.165, 1.54) is 0 Å². The van der Waals surface area contributed by atoms with Gasteiger partial charge in [-0.3, -0.25) is 0 Å². The summed E-state index contributed by atoms with van der Waals surface area (Å²) in [4.78, 5) is 15.5. The van der Waals surface area contributed by atoms with Crippen LogP contribution in [0.3, 0.4) is 0 Å². The molecule has 0 aromatic heterocycles. The summed E-state index contributed by atoms with van der Waals surface area (Å²) in [6.07, 6.45) is -0.170. The first kappa shape index (κ1) is 20.9. The molecule has 5 nitrogen and oxygen atoms in total. The van der Waals surface area contributed by atoms with E-state index in [1.807, 2.05) is 73.8 Å². The molecule has 2 unspecified atom stereocenters. The van der Waals surface area contributed by atoms with Gasteiger partial charge in [-0.1, -0.05) is 54.6 Å². The molecule has 1 fully saturated rings. The third kappa shape index (κ3) is 5.06. The second-order valence-corrected chi connectivity index (χ2v) is 7.74. The first-order chi connectivity index (χ1) is 15.1. The summed E-state index contributed by atoms with van der Waals surface area (Å²) in [5.41, 5.74) is 2.75. The van der Waals surface area contributed by atoms with Gasteiger partial charge < -0.3 is 19.1 Å². The second-order valence-electron chi connectivity index (χ2n) is 7.74. The number of esters is 1. The molecule has 0 N–H and O–H groups in total. The number of nitrogens with zero attached hydrogens (tertiary/aromatic N) is 1. The van der Waals surface area contributed by atoms with Crippen LogP contribution >= 0.6 is 0 Å². The normalized spacial score (nSPS) is 17.2. The fourth-order valence-electron chi connectivity index (χ4n) is 3.85. The molecule has 1 heterocycles. The smallest absolute Gasteiger partial charge is 0.352 e. The number of carbonyl (C=O) groups excluding carboxylic acids is 1. The van der Waals surface area contributed by atoms with E-state index in [4.69, 9.17) is 14.2 Å². The Bertz CT molecular complexity index is 1000. The highest BCUT2D eigenvalue weighted by Gasteiger charge is 2.31. The Kier molecular flexibility index (Phi) is 6.53. The summed E-state index contributed by atoms with van der Waals surface area (Å²) in [5.74, 6) is 0.929. The van der Waals surface area contributed by atoms with E-state index in [1.54, 1.807) is 19.2 Å². The lowest BCUT2D eigenvalue weighted by Gasteiger charge is -2.23. The van der Waals surface area contributed by atoms with Crippen LogP contribution in [0.2, 0.25) is 0 Å². The van der Waals surface area contributed by atoms with Crippen LogP contribution in [0.25, 0.3) is 11.1 Å². The number of hydrogen-bond donors (Lipinski definition) is 0. The van der Waals surface area contributed by atoms with Crippen LogP contribution in [-0.4, -0.2) is 44.2 Å². The fraction of sp³-hybridized carbons (Fsp3) is 0.269. The van der Waals surface area contributed by atoms with Crippen molar-refractivity contribution in [1.82, 2.24) is 4.90 Å². The zero-order valence-electron chi connectivity index (χ0n) is 17.9. The number of benzene rings is 3. The summed E-state index contributed by atoms with van der Waals surface area (Å²) in [6, 6.07) is 25.0. The van der Waals surface area contributed by atoms with Crippen LogP contribution < -0.4 is 9.47 Å². The van der Waals surface area contributed by atoms with Crippen molar-refractivity contribution in [2.75, 3.05) is 27.2 Å². The Morgan fingerprint density at radius 3 is 2.29 bits per heavy atom. The Morgan fingerprint density at radius 1 is 0.935 bits per heavy atom. The molecule has 2 atom stereocenters. The SMILES string of the molecule is COc1ccc(OC(C(=O)OC2CCN(C)C2)c2ccccc2-c2ccccc2)cc1. The lowest BCUT2D eigenvalue weighted by molar-refractivity contribution is -0.157. The second kappa shape index (κ2) is 9.67. The topological polar surface area (TPSA) is 48.0 Å². The number of hydrogen-bond acceptors (Lipinski definition) is 5. The third-order valence-corrected chi connectivity index (χ3v) is 5.49. The number of likely N-dealkylation sites (tertiary alicyclic amines) is 1. The summed E-state index contributed by atoms with van der Waals surface area (Å²) < 4.78 is 17.3. The molecule has 3 aromatic carbocycles. The number of rotatable bonds is 7. The van der Waals surface area contributed by atoms with Gasteiger partial charge in [0.05, 0.1) is 7.11 Å². The molecule has 1 aliphatic rings. The predicted molar refractivity (Wildman–Crippen MR) is 120 cm³/mol. The average Bonchev–Trinajstić information content (AvgIpc) is 3.22. The van der Waals surface area contributed by atoms with Crippen molar-refractivity contribution in [3.8, 4) is 22.6 Å². The van der Waals surface area contributed by atoms with Crippen molar-refractivity contribution >= 4 is 5.97 Å². The quantitative estimate of drug-likeness (QED) is 0.520. The Hall–Kier alpha value is -3.31. The van der Waals surface area contributed by atoms with E-state index in [2.05, 4.69) is 4.90 Å². The van der Waals surface area contributed by atoms with E-state index >= 15 is 0 Å². The van der Waals surface area contributed by atoms with Crippen molar-refractivity contribution in [3.63, 3.8) is 0 Å². The van der Waals surface area contributed by atoms with Gasteiger partial charge in [-0.25, -0.2) is 4.79 Å². The number of carbonyl (C=O) groups is 1. The maximum Gasteiger partial charge on any atom is 0.352 e. The first-order valence-corrected chi connectivity index (χ1v) is 10.5. The highest BCUT2D eigenvalue weighted by atomic mass is 16.6. The van der Waals surface area contributed by atoms with Gasteiger partial charge >= 0.3 is 5.97 Å². The maximum absolute atomic E-state index is 13.3. The van der Waals surface area contributed by atoms with E-state index in [-0.39, 0.29) is 12.1 Å². The molecule has 0 saturated carbocycles. The molecule has 0 bridgehead atoms. The van der Waals surface area contributed by atoms with Gasteiger partial charge in [0.15, 0.2) is 0 Å².